The summed E-state index contributed by atoms with van der Waals surface area (Å²) in [6.45, 7) is 0.215. The zero-order valence-electron chi connectivity index (χ0n) is 9.63. The molecule has 1 aromatic rings. The zero-order chi connectivity index (χ0) is 14.2. The first-order chi connectivity index (χ1) is 8.86. The van der Waals surface area contributed by atoms with Gasteiger partial charge in [0, 0.05) is 12.4 Å². The molecule has 0 radical (unpaired) electrons. The highest BCUT2D eigenvalue weighted by molar-refractivity contribution is 6.52. The molecule has 0 aliphatic carbocycles. The van der Waals surface area contributed by atoms with E-state index in [2.05, 4.69) is 0 Å². The highest BCUT2D eigenvalue weighted by atomic mass is 35.5. The Kier molecular flexibility index (Phi) is 3.54. The molecule has 1 heterocycles. The minimum Gasteiger partial charge on any atom is -0.305 e. The van der Waals surface area contributed by atoms with Crippen LogP contribution < -0.4 is 4.90 Å². The number of hydrogen-bond acceptors (Lipinski definition) is 2. The summed E-state index contributed by atoms with van der Waals surface area (Å²) < 4.78 is 37.7. The number of anilines is 1. The van der Waals surface area contributed by atoms with Crippen LogP contribution in [-0.4, -0.2) is 24.1 Å². The van der Waals surface area contributed by atoms with Gasteiger partial charge in [-0.3, -0.25) is 9.59 Å². The standard InChI is InChI=1S/C12H9ClF3NO2/c13-4-1-5-17-9-3-2-7(12(14,15)16)6-8(9)10(18)11(17)19/h2-3,6H,1,4-5H2. The lowest BCUT2D eigenvalue weighted by Gasteiger charge is -2.16. The lowest BCUT2D eigenvalue weighted by atomic mass is 10.1. The van der Waals surface area contributed by atoms with Crippen molar-refractivity contribution in [3.8, 4) is 0 Å². The van der Waals surface area contributed by atoms with Gasteiger partial charge in [-0.2, -0.15) is 13.2 Å². The van der Waals surface area contributed by atoms with Gasteiger partial charge in [0.2, 0.25) is 0 Å². The monoisotopic (exact) mass is 291 g/mol. The maximum Gasteiger partial charge on any atom is 0.416 e. The molecule has 0 spiro atoms. The fourth-order valence-electron chi connectivity index (χ4n) is 1.92. The number of carbonyl (C=O) groups excluding carboxylic acids is 2. The average Bonchev–Trinajstić information content (AvgIpc) is 2.59. The Labute approximate surface area is 111 Å². The molecular formula is C12H9ClF3NO2. The Hall–Kier alpha value is -1.56. The molecule has 1 amide bonds. The number of carbonyl (C=O) groups is 2. The van der Waals surface area contributed by atoms with Gasteiger partial charge in [-0.05, 0) is 24.6 Å². The minimum absolute atomic E-state index is 0.200. The summed E-state index contributed by atoms with van der Waals surface area (Å²) in [7, 11) is 0. The molecule has 0 bridgehead atoms. The van der Waals surface area contributed by atoms with Crippen LogP contribution in [0.1, 0.15) is 22.3 Å². The molecule has 0 saturated heterocycles. The van der Waals surface area contributed by atoms with Gasteiger partial charge >= 0.3 is 6.18 Å². The first kappa shape index (κ1) is 13.9. The van der Waals surface area contributed by atoms with Crippen LogP contribution in [0.4, 0.5) is 18.9 Å². The van der Waals surface area contributed by atoms with E-state index in [0.717, 1.165) is 18.2 Å². The molecule has 19 heavy (non-hydrogen) atoms. The summed E-state index contributed by atoms with van der Waals surface area (Å²) in [5.74, 6) is -1.41. The van der Waals surface area contributed by atoms with Crippen LogP contribution >= 0.6 is 11.6 Å². The highest BCUT2D eigenvalue weighted by Crippen LogP contribution is 2.36. The van der Waals surface area contributed by atoms with Crippen LogP contribution in [0.3, 0.4) is 0 Å². The molecule has 2 rings (SSSR count). The van der Waals surface area contributed by atoms with Crippen molar-refractivity contribution < 1.29 is 22.8 Å². The molecule has 0 N–H and O–H groups in total. The number of Topliss-reactive ketones (excluding diaryl/α,β-unsaturated/α-hetero) is 1. The second kappa shape index (κ2) is 4.85. The van der Waals surface area contributed by atoms with E-state index in [9.17, 15) is 22.8 Å². The fourth-order valence-corrected chi connectivity index (χ4v) is 2.04. The van der Waals surface area contributed by atoms with Gasteiger partial charge in [-0.25, -0.2) is 0 Å². The molecular weight excluding hydrogens is 283 g/mol. The van der Waals surface area contributed by atoms with E-state index in [1.165, 1.54) is 4.90 Å². The minimum atomic E-state index is -4.54. The molecule has 1 aliphatic heterocycles. The number of benzene rings is 1. The van der Waals surface area contributed by atoms with E-state index >= 15 is 0 Å². The van der Waals surface area contributed by atoms with Gasteiger partial charge in [0.05, 0.1) is 16.8 Å². The number of nitrogens with zero attached hydrogens (tertiary/aromatic N) is 1. The van der Waals surface area contributed by atoms with Gasteiger partial charge in [0.25, 0.3) is 11.7 Å². The third kappa shape index (κ3) is 2.45. The number of amides is 1. The molecule has 102 valence electrons. The largest absolute Gasteiger partial charge is 0.416 e. The Bertz CT molecular complexity index is 542. The van der Waals surface area contributed by atoms with Crippen LogP contribution in [0.2, 0.25) is 0 Å². The van der Waals surface area contributed by atoms with Crippen molar-refractivity contribution >= 4 is 29.0 Å². The van der Waals surface area contributed by atoms with Crippen molar-refractivity contribution in [1.82, 2.24) is 0 Å². The van der Waals surface area contributed by atoms with E-state index in [0.29, 0.717) is 12.3 Å². The quantitative estimate of drug-likeness (QED) is 0.634. The smallest absolute Gasteiger partial charge is 0.305 e. The molecule has 0 fully saturated rings. The highest BCUT2D eigenvalue weighted by Gasteiger charge is 2.38. The Morgan fingerprint density at radius 3 is 2.47 bits per heavy atom. The normalized spacial score (nSPS) is 15.1. The number of fused-ring (bicyclic) bond motifs is 1. The van der Waals surface area contributed by atoms with Gasteiger partial charge in [0.1, 0.15) is 0 Å². The molecule has 3 nitrogen and oxygen atoms in total. The van der Waals surface area contributed by atoms with Crippen LogP contribution in [0.5, 0.6) is 0 Å². The molecule has 7 heteroatoms. The average molecular weight is 292 g/mol. The van der Waals surface area contributed by atoms with Crippen molar-refractivity contribution in [1.29, 1.82) is 0 Å². The zero-order valence-corrected chi connectivity index (χ0v) is 10.4. The molecule has 1 aromatic carbocycles. The fraction of sp³-hybridized carbons (Fsp3) is 0.333. The van der Waals surface area contributed by atoms with Gasteiger partial charge < -0.3 is 4.90 Å². The van der Waals surface area contributed by atoms with Crippen molar-refractivity contribution in [2.24, 2.45) is 0 Å². The van der Waals surface area contributed by atoms with Gasteiger partial charge in [-0.1, -0.05) is 0 Å². The van der Waals surface area contributed by atoms with E-state index in [1.54, 1.807) is 0 Å². The molecule has 0 saturated carbocycles. The second-order valence-electron chi connectivity index (χ2n) is 4.06. The summed E-state index contributed by atoms with van der Waals surface area (Å²) in [6, 6.07) is 2.73. The van der Waals surface area contributed by atoms with E-state index in [4.69, 9.17) is 11.6 Å². The summed E-state index contributed by atoms with van der Waals surface area (Å²) in [5.41, 5.74) is -0.922. The maximum atomic E-state index is 12.6. The second-order valence-corrected chi connectivity index (χ2v) is 4.44. The van der Waals surface area contributed by atoms with Crippen LogP contribution in [-0.2, 0) is 11.0 Å². The number of alkyl halides is 4. The Balaban J connectivity index is 2.41. The first-order valence-corrected chi connectivity index (χ1v) is 6.03. The SMILES string of the molecule is O=C1C(=O)N(CCCCl)c2ccc(C(F)(F)F)cc21. The third-order valence-electron chi connectivity index (χ3n) is 2.81. The van der Waals surface area contributed by atoms with Crippen LogP contribution in [0.15, 0.2) is 18.2 Å². The van der Waals surface area contributed by atoms with Crippen molar-refractivity contribution in [2.75, 3.05) is 17.3 Å². The van der Waals surface area contributed by atoms with Gasteiger partial charge in [0.15, 0.2) is 0 Å². The van der Waals surface area contributed by atoms with Crippen LogP contribution in [0.25, 0.3) is 0 Å². The van der Waals surface area contributed by atoms with E-state index in [-0.39, 0.29) is 17.8 Å². The van der Waals surface area contributed by atoms with Crippen molar-refractivity contribution in [3.63, 3.8) is 0 Å². The number of halogens is 4. The van der Waals surface area contributed by atoms with Crippen LogP contribution in [0, 0.1) is 0 Å². The van der Waals surface area contributed by atoms with E-state index in [1.807, 2.05) is 0 Å². The number of rotatable bonds is 3. The summed E-state index contributed by atoms with van der Waals surface area (Å²) in [6.07, 6.45) is -4.08. The summed E-state index contributed by atoms with van der Waals surface area (Å²) in [5, 5.41) is 0. The number of hydrogen-bond donors (Lipinski definition) is 0. The topological polar surface area (TPSA) is 37.4 Å². The van der Waals surface area contributed by atoms with Crippen molar-refractivity contribution in [2.45, 2.75) is 12.6 Å². The predicted octanol–water partition coefficient (Wildman–Crippen LogP) is 2.86. The summed E-state index contributed by atoms with van der Waals surface area (Å²) in [4.78, 5) is 24.5. The summed E-state index contributed by atoms with van der Waals surface area (Å²) >= 11 is 5.50. The maximum absolute atomic E-state index is 12.6. The van der Waals surface area contributed by atoms with E-state index < -0.39 is 23.4 Å². The first-order valence-electron chi connectivity index (χ1n) is 5.49. The number of ketones is 1. The lowest BCUT2D eigenvalue weighted by Crippen LogP contribution is -2.30. The Morgan fingerprint density at radius 2 is 1.89 bits per heavy atom. The lowest BCUT2D eigenvalue weighted by molar-refractivity contribution is -0.137. The molecule has 0 atom stereocenters. The Morgan fingerprint density at radius 1 is 1.21 bits per heavy atom. The molecule has 1 aliphatic rings. The molecule has 0 unspecified atom stereocenters. The van der Waals surface area contributed by atoms with Crippen molar-refractivity contribution in [3.05, 3.63) is 29.3 Å². The third-order valence-corrected chi connectivity index (χ3v) is 3.08. The predicted molar refractivity (Wildman–Crippen MR) is 63.5 cm³/mol. The van der Waals surface area contributed by atoms with Gasteiger partial charge in [-0.15, -0.1) is 11.6 Å². The molecule has 0 aromatic heterocycles.